The minimum absolute atomic E-state index is 0.219. The number of rotatable bonds is 2. The molecule has 2 rings (SSSR count). The third kappa shape index (κ3) is 2.39. The number of nitrogens with two attached hydrogens (primary N) is 1. The fourth-order valence-electron chi connectivity index (χ4n) is 2.38. The van der Waals surface area contributed by atoms with Gasteiger partial charge in [-0.2, -0.15) is 0 Å². The molecule has 2 atom stereocenters. The molecule has 3 N–H and O–H groups in total. The zero-order valence-corrected chi connectivity index (χ0v) is 9.50. The van der Waals surface area contributed by atoms with Crippen LogP contribution in [0.3, 0.4) is 0 Å². The molecule has 0 aromatic rings. The van der Waals surface area contributed by atoms with Crippen LogP contribution in [0.25, 0.3) is 0 Å². The second kappa shape index (κ2) is 4.71. The van der Waals surface area contributed by atoms with Crippen LogP contribution in [0.2, 0.25) is 0 Å². The molecule has 0 spiro atoms. The van der Waals surface area contributed by atoms with E-state index in [9.17, 15) is 9.59 Å². The fourth-order valence-corrected chi connectivity index (χ4v) is 2.38. The summed E-state index contributed by atoms with van der Waals surface area (Å²) >= 11 is 0. The van der Waals surface area contributed by atoms with Gasteiger partial charge in [-0.25, -0.2) is 0 Å². The van der Waals surface area contributed by atoms with Crippen molar-refractivity contribution in [2.75, 3.05) is 6.54 Å². The van der Waals surface area contributed by atoms with Crippen molar-refractivity contribution in [3.8, 4) is 0 Å². The molecule has 0 aromatic heterocycles. The third-order valence-corrected chi connectivity index (χ3v) is 3.26. The lowest BCUT2D eigenvalue weighted by atomic mass is 9.92. The molecule has 0 saturated carbocycles. The Bertz CT molecular complexity index is 401. The van der Waals surface area contributed by atoms with Gasteiger partial charge in [0, 0.05) is 11.6 Å². The number of carboxylic acid groups (broad SMARTS) is 1. The smallest absolute Gasteiger partial charge is 0.323 e. The van der Waals surface area contributed by atoms with Gasteiger partial charge in [-0.3, -0.25) is 9.59 Å². The first-order chi connectivity index (χ1) is 8.09. The molecule has 1 saturated heterocycles. The van der Waals surface area contributed by atoms with Crippen molar-refractivity contribution in [3.63, 3.8) is 0 Å². The van der Waals surface area contributed by atoms with Crippen LogP contribution < -0.4 is 5.73 Å². The molecule has 5 nitrogen and oxygen atoms in total. The summed E-state index contributed by atoms with van der Waals surface area (Å²) in [6.07, 6.45) is 8.03. The molecule has 0 radical (unpaired) electrons. The molecule has 1 fully saturated rings. The van der Waals surface area contributed by atoms with Crippen molar-refractivity contribution in [1.82, 2.24) is 4.90 Å². The Balaban J connectivity index is 2.31. The van der Waals surface area contributed by atoms with Gasteiger partial charge >= 0.3 is 5.97 Å². The molecule has 1 aliphatic heterocycles. The normalized spacial score (nSPS) is 28.4. The number of hydrogen-bond acceptors (Lipinski definition) is 3. The number of nitrogens with zero attached hydrogens (tertiary/aromatic N) is 1. The van der Waals surface area contributed by atoms with Gasteiger partial charge in [0.15, 0.2) is 0 Å². The summed E-state index contributed by atoms with van der Waals surface area (Å²) in [5, 5.41) is 8.87. The van der Waals surface area contributed by atoms with E-state index >= 15 is 0 Å². The molecule has 17 heavy (non-hydrogen) atoms. The van der Waals surface area contributed by atoms with Gasteiger partial charge < -0.3 is 15.7 Å². The maximum Gasteiger partial charge on any atom is 0.323 e. The van der Waals surface area contributed by atoms with E-state index in [0.717, 1.165) is 18.5 Å². The van der Waals surface area contributed by atoms with Crippen LogP contribution in [0.15, 0.2) is 23.9 Å². The molecule has 2 unspecified atom stereocenters. The van der Waals surface area contributed by atoms with Crippen molar-refractivity contribution < 1.29 is 14.7 Å². The van der Waals surface area contributed by atoms with Crippen LogP contribution >= 0.6 is 0 Å². The first-order valence-electron chi connectivity index (χ1n) is 5.75. The maximum absolute atomic E-state index is 12.0. The number of carbonyl (C=O) groups excluding carboxylic acids is 1. The van der Waals surface area contributed by atoms with E-state index in [0.29, 0.717) is 6.42 Å². The van der Waals surface area contributed by atoms with Crippen LogP contribution in [-0.4, -0.2) is 34.5 Å². The average Bonchev–Trinajstić information content (AvgIpc) is 2.42. The molecular formula is C12H16N2O3. The topological polar surface area (TPSA) is 83.6 Å². The molecule has 1 aliphatic carbocycles. The summed E-state index contributed by atoms with van der Waals surface area (Å²) in [5.74, 6) is -1.07. The molecule has 0 bridgehead atoms. The lowest BCUT2D eigenvalue weighted by Crippen LogP contribution is -2.44. The second-order valence-corrected chi connectivity index (χ2v) is 4.45. The van der Waals surface area contributed by atoms with E-state index in [1.54, 1.807) is 0 Å². The predicted octanol–water partition coefficient (Wildman–Crippen LogP) is 0.481. The highest BCUT2D eigenvalue weighted by Crippen LogP contribution is 2.31. The van der Waals surface area contributed by atoms with E-state index in [1.807, 2.05) is 18.2 Å². The third-order valence-electron chi connectivity index (χ3n) is 3.26. The van der Waals surface area contributed by atoms with Gasteiger partial charge in [-0.05, 0) is 25.3 Å². The SMILES string of the molecule is NC1CCC2CC=CC=C2N(CC(=O)O)C1=O. The Hall–Kier alpha value is -1.62. The number of fused-ring (bicyclic) bond motifs is 1. The van der Waals surface area contributed by atoms with Crippen LogP contribution in [0.4, 0.5) is 0 Å². The quantitative estimate of drug-likeness (QED) is 0.730. The van der Waals surface area contributed by atoms with Gasteiger partial charge in [-0.1, -0.05) is 12.2 Å². The molecule has 1 amide bonds. The van der Waals surface area contributed by atoms with Crippen molar-refractivity contribution in [2.24, 2.45) is 11.7 Å². The molecule has 92 valence electrons. The number of carbonyl (C=O) groups is 2. The Morgan fingerprint density at radius 3 is 3.00 bits per heavy atom. The predicted molar refractivity (Wildman–Crippen MR) is 61.9 cm³/mol. The Labute approximate surface area is 99.6 Å². The number of carboxylic acids is 1. The van der Waals surface area contributed by atoms with Crippen molar-refractivity contribution in [2.45, 2.75) is 25.3 Å². The second-order valence-electron chi connectivity index (χ2n) is 4.45. The number of amides is 1. The zero-order valence-electron chi connectivity index (χ0n) is 9.50. The highest BCUT2D eigenvalue weighted by Gasteiger charge is 2.33. The molecule has 1 heterocycles. The Kier molecular flexibility index (Phi) is 3.28. The minimum atomic E-state index is -1.01. The van der Waals surface area contributed by atoms with Gasteiger partial charge in [0.25, 0.3) is 0 Å². The summed E-state index contributed by atoms with van der Waals surface area (Å²) in [6, 6.07) is -0.583. The monoisotopic (exact) mass is 236 g/mol. The zero-order chi connectivity index (χ0) is 12.4. The van der Waals surface area contributed by atoms with E-state index in [1.165, 1.54) is 4.90 Å². The Morgan fingerprint density at radius 2 is 2.29 bits per heavy atom. The molecular weight excluding hydrogens is 220 g/mol. The van der Waals surface area contributed by atoms with E-state index < -0.39 is 12.0 Å². The summed E-state index contributed by atoms with van der Waals surface area (Å²) in [4.78, 5) is 24.2. The maximum atomic E-state index is 12.0. The first kappa shape index (κ1) is 11.9. The largest absolute Gasteiger partial charge is 0.480 e. The lowest BCUT2D eigenvalue weighted by Gasteiger charge is -2.28. The molecule has 0 aromatic carbocycles. The van der Waals surface area contributed by atoms with E-state index in [4.69, 9.17) is 10.8 Å². The number of allylic oxidation sites excluding steroid dienone is 4. The number of hydrogen-bond donors (Lipinski definition) is 2. The van der Waals surface area contributed by atoms with Crippen molar-refractivity contribution in [1.29, 1.82) is 0 Å². The van der Waals surface area contributed by atoms with Crippen LogP contribution in [0.5, 0.6) is 0 Å². The Morgan fingerprint density at radius 1 is 1.53 bits per heavy atom. The standard InChI is InChI=1S/C12H16N2O3/c13-9-6-5-8-3-1-2-4-10(8)14(12(9)17)7-11(15)16/h1-2,4,8-9H,3,5-7,13H2,(H,15,16). The van der Waals surface area contributed by atoms with E-state index in [-0.39, 0.29) is 18.4 Å². The van der Waals surface area contributed by atoms with Gasteiger partial charge in [0.05, 0.1) is 6.04 Å². The van der Waals surface area contributed by atoms with Gasteiger partial charge in [0.1, 0.15) is 6.54 Å². The highest BCUT2D eigenvalue weighted by molar-refractivity contribution is 5.87. The van der Waals surface area contributed by atoms with Crippen molar-refractivity contribution >= 4 is 11.9 Å². The molecule has 5 heteroatoms. The van der Waals surface area contributed by atoms with Crippen LogP contribution in [-0.2, 0) is 9.59 Å². The van der Waals surface area contributed by atoms with Gasteiger partial charge in [-0.15, -0.1) is 0 Å². The summed E-state index contributed by atoms with van der Waals surface area (Å²) in [5.41, 5.74) is 6.57. The lowest BCUT2D eigenvalue weighted by molar-refractivity contribution is -0.143. The highest BCUT2D eigenvalue weighted by atomic mass is 16.4. The number of aliphatic carboxylic acids is 1. The number of likely N-dealkylation sites (tertiary alicyclic amines) is 1. The average molecular weight is 236 g/mol. The van der Waals surface area contributed by atoms with Crippen LogP contribution in [0, 0.1) is 5.92 Å². The van der Waals surface area contributed by atoms with Gasteiger partial charge in [0.2, 0.25) is 5.91 Å². The summed E-state index contributed by atoms with van der Waals surface area (Å²) in [6.45, 7) is -0.303. The van der Waals surface area contributed by atoms with E-state index in [2.05, 4.69) is 0 Å². The van der Waals surface area contributed by atoms with Crippen molar-refractivity contribution in [3.05, 3.63) is 23.9 Å². The summed E-state index contributed by atoms with van der Waals surface area (Å²) in [7, 11) is 0. The fraction of sp³-hybridized carbons (Fsp3) is 0.500. The molecule has 2 aliphatic rings. The first-order valence-corrected chi connectivity index (χ1v) is 5.75. The minimum Gasteiger partial charge on any atom is -0.480 e. The summed E-state index contributed by atoms with van der Waals surface area (Å²) < 4.78 is 0. The van der Waals surface area contributed by atoms with Crippen LogP contribution in [0.1, 0.15) is 19.3 Å².